The van der Waals surface area contributed by atoms with E-state index < -0.39 is 18.5 Å². The van der Waals surface area contributed by atoms with Gasteiger partial charge in [0.1, 0.15) is 6.54 Å². The van der Waals surface area contributed by atoms with Gasteiger partial charge in [0.05, 0.1) is 12.6 Å². The Bertz CT molecular complexity index is 534. The third-order valence-electron chi connectivity index (χ3n) is 2.89. The van der Waals surface area contributed by atoms with Gasteiger partial charge in [-0.15, -0.1) is 6.42 Å². The zero-order valence-electron chi connectivity index (χ0n) is 11.6. The van der Waals surface area contributed by atoms with Crippen LogP contribution in [0.15, 0.2) is 24.3 Å². The zero-order chi connectivity index (χ0) is 15.1. The molecule has 0 saturated heterocycles. The van der Waals surface area contributed by atoms with Crippen molar-refractivity contribution in [1.29, 1.82) is 0 Å². The molecule has 1 aromatic carbocycles. The van der Waals surface area contributed by atoms with E-state index >= 15 is 0 Å². The molecule has 2 amide bonds. The first-order chi connectivity index (χ1) is 9.45. The van der Waals surface area contributed by atoms with Crippen molar-refractivity contribution in [3.63, 3.8) is 0 Å². The van der Waals surface area contributed by atoms with Crippen molar-refractivity contribution in [2.75, 3.05) is 13.1 Å². The molecule has 0 spiro atoms. The molecule has 0 aromatic heterocycles. The Hall–Kier alpha value is -2.48. The minimum atomic E-state index is -1.10. The second-order valence-corrected chi connectivity index (χ2v) is 4.48. The lowest BCUT2D eigenvalue weighted by molar-refractivity contribution is -0.137. The summed E-state index contributed by atoms with van der Waals surface area (Å²) in [6.45, 7) is 3.33. The number of hydrogen-bond acceptors (Lipinski definition) is 2. The summed E-state index contributed by atoms with van der Waals surface area (Å²) in [5.74, 6) is 1.18. The highest BCUT2D eigenvalue weighted by atomic mass is 16.4. The maximum Gasteiger partial charge on any atom is 0.323 e. The average Bonchev–Trinajstić information content (AvgIpc) is 2.38. The second kappa shape index (κ2) is 7.19. The first-order valence-corrected chi connectivity index (χ1v) is 6.22. The Morgan fingerprint density at radius 1 is 1.45 bits per heavy atom. The van der Waals surface area contributed by atoms with Crippen LogP contribution in [0.25, 0.3) is 0 Å². The normalized spacial score (nSPS) is 11.2. The molecule has 0 bridgehead atoms. The van der Waals surface area contributed by atoms with Crippen molar-refractivity contribution >= 4 is 12.0 Å². The fourth-order valence-corrected chi connectivity index (χ4v) is 1.90. The van der Waals surface area contributed by atoms with E-state index in [4.69, 9.17) is 11.5 Å². The van der Waals surface area contributed by atoms with Gasteiger partial charge in [0.15, 0.2) is 0 Å². The summed E-state index contributed by atoms with van der Waals surface area (Å²) in [5, 5.41) is 11.5. The third kappa shape index (κ3) is 4.32. The maximum atomic E-state index is 12.0. The highest BCUT2D eigenvalue weighted by Crippen LogP contribution is 2.16. The number of nitrogens with zero attached hydrogens (tertiary/aromatic N) is 1. The molecule has 106 valence electrons. The number of carboxylic acid groups (broad SMARTS) is 1. The van der Waals surface area contributed by atoms with Crippen molar-refractivity contribution < 1.29 is 14.7 Å². The molecule has 1 rings (SSSR count). The fraction of sp³-hybridized carbons (Fsp3) is 0.333. The van der Waals surface area contributed by atoms with Crippen LogP contribution in [0.5, 0.6) is 0 Å². The van der Waals surface area contributed by atoms with Crippen molar-refractivity contribution in [2.24, 2.45) is 0 Å². The van der Waals surface area contributed by atoms with Crippen LogP contribution in [-0.4, -0.2) is 35.1 Å². The molecule has 0 fully saturated rings. The van der Waals surface area contributed by atoms with Crippen LogP contribution in [0.1, 0.15) is 24.1 Å². The minimum absolute atomic E-state index is 0.0430. The van der Waals surface area contributed by atoms with Gasteiger partial charge in [-0.05, 0) is 25.0 Å². The van der Waals surface area contributed by atoms with E-state index in [9.17, 15) is 9.59 Å². The SMILES string of the molecule is C#CCN(CC(=O)O)C(=O)NC(C)c1ccccc1C. The van der Waals surface area contributed by atoms with Gasteiger partial charge in [-0.3, -0.25) is 4.79 Å². The predicted molar refractivity (Wildman–Crippen MR) is 76.2 cm³/mol. The number of terminal acetylenes is 1. The van der Waals surface area contributed by atoms with Crippen LogP contribution < -0.4 is 5.32 Å². The van der Waals surface area contributed by atoms with Gasteiger partial charge in [-0.2, -0.15) is 0 Å². The standard InChI is InChI=1S/C15H18N2O3/c1-4-9-17(10-14(18)19)15(20)16-12(3)13-8-6-5-7-11(13)2/h1,5-8,12H,9-10H2,2-3H3,(H,16,20)(H,18,19). The summed E-state index contributed by atoms with van der Waals surface area (Å²) in [7, 11) is 0. The maximum absolute atomic E-state index is 12.0. The largest absolute Gasteiger partial charge is 0.480 e. The summed E-state index contributed by atoms with van der Waals surface area (Å²) in [6.07, 6.45) is 5.14. The van der Waals surface area contributed by atoms with E-state index in [0.29, 0.717) is 0 Å². The van der Waals surface area contributed by atoms with Crippen LogP contribution in [-0.2, 0) is 4.79 Å². The number of hydrogen-bond donors (Lipinski definition) is 2. The first kappa shape index (κ1) is 15.6. The Morgan fingerprint density at radius 2 is 2.10 bits per heavy atom. The molecule has 5 heteroatoms. The number of aliphatic carboxylic acids is 1. The molecule has 0 aliphatic heterocycles. The van der Waals surface area contributed by atoms with E-state index in [-0.39, 0.29) is 12.6 Å². The third-order valence-corrected chi connectivity index (χ3v) is 2.89. The molecule has 5 nitrogen and oxygen atoms in total. The molecule has 1 aromatic rings. The monoisotopic (exact) mass is 274 g/mol. The Morgan fingerprint density at radius 3 is 2.65 bits per heavy atom. The Kier molecular flexibility index (Phi) is 5.60. The lowest BCUT2D eigenvalue weighted by Crippen LogP contribution is -2.43. The van der Waals surface area contributed by atoms with Crippen molar-refractivity contribution in [3.05, 3.63) is 35.4 Å². The van der Waals surface area contributed by atoms with Gasteiger partial charge in [0, 0.05) is 0 Å². The highest BCUT2D eigenvalue weighted by Gasteiger charge is 2.18. The van der Waals surface area contributed by atoms with Gasteiger partial charge in [0.25, 0.3) is 0 Å². The van der Waals surface area contributed by atoms with Gasteiger partial charge in [-0.25, -0.2) is 4.79 Å². The molecule has 1 unspecified atom stereocenters. The molecule has 0 radical (unpaired) electrons. The van der Waals surface area contributed by atoms with Crippen LogP contribution in [0.2, 0.25) is 0 Å². The number of urea groups is 1. The summed E-state index contributed by atoms with van der Waals surface area (Å²) >= 11 is 0. The highest BCUT2D eigenvalue weighted by molar-refractivity contribution is 5.80. The average molecular weight is 274 g/mol. The molecule has 1 atom stereocenters. The molecule has 0 heterocycles. The molecule has 0 aliphatic rings. The van der Waals surface area contributed by atoms with E-state index in [2.05, 4.69) is 11.2 Å². The molecule has 0 aliphatic carbocycles. The van der Waals surface area contributed by atoms with Crippen molar-refractivity contribution in [3.8, 4) is 12.3 Å². The van der Waals surface area contributed by atoms with Gasteiger partial charge in [-0.1, -0.05) is 30.2 Å². The Balaban J connectivity index is 2.75. The lowest BCUT2D eigenvalue weighted by Gasteiger charge is -2.23. The minimum Gasteiger partial charge on any atom is -0.480 e. The number of carboxylic acids is 1. The Labute approximate surface area is 118 Å². The van der Waals surface area contributed by atoms with E-state index in [1.807, 2.05) is 38.1 Å². The quantitative estimate of drug-likeness (QED) is 0.804. The number of carbonyl (C=O) groups excluding carboxylic acids is 1. The van der Waals surface area contributed by atoms with Crippen molar-refractivity contribution in [2.45, 2.75) is 19.9 Å². The fourth-order valence-electron chi connectivity index (χ4n) is 1.90. The second-order valence-electron chi connectivity index (χ2n) is 4.48. The van der Waals surface area contributed by atoms with Gasteiger partial charge in [0.2, 0.25) is 0 Å². The van der Waals surface area contributed by atoms with Gasteiger partial charge < -0.3 is 15.3 Å². The van der Waals surface area contributed by atoms with Crippen molar-refractivity contribution in [1.82, 2.24) is 10.2 Å². The number of nitrogens with one attached hydrogen (secondary N) is 1. The smallest absolute Gasteiger partial charge is 0.323 e. The van der Waals surface area contributed by atoms with E-state index in [1.165, 1.54) is 0 Å². The number of rotatable bonds is 5. The zero-order valence-corrected chi connectivity index (χ0v) is 11.6. The molecule has 20 heavy (non-hydrogen) atoms. The summed E-state index contributed by atoms with van der Waals surface area (Å²) < 4.78 is 0. The molecular formula is C15H18N2O3. The van der Waals surface area contributed by atoms with Gasteiger partial charge >= 0.3 is 12.0 Å². The first-order valence-electron chi connectivity index (χ1n) is 6.22. The summed E-state index contributed by atoms with van der Waals surface area (Å²) in [5.41, 5.74) is 2.04. The van der Waals surface area contributed by atoms with E-state index in [0.717, 1.165) is 16.0 Å². The van der Waals surface area contributed by atoms with Crippen LogP contribution >= 0.6 is 0 Å². The number of amides is 2. The molecule has 2 N–H and O–H groups in total. The summed E-state index contributed by atoms with van der Waals surface area (Å²) in [4.78, 5) is 23.8. The topological polar surface area (TPSA) is 69.6 Å². The van der Waals surface area contributed by atoms with Crippen LogP contribution in [0.4, 0.5) is 4.79 Å². The lowest BCUT2D eigenvalue weighted by atomic mass is 10.0. The van der Waals surface area contributed by atoms with E-state index in [1.54, 1.807) is 0 Å². The summed E-state index contributed by atoms with van der Waals surface area (Å²) in [6, 6.07) is 6.97. The van der Waals surface area contributed by atoms with Crippen LogP contribution in [0.3, 0.4) is 0 Å². The number of carbonyl (C=O) groups is 2. The number of benzene rings is 1. The molecule has 0 saturated carbocycles. The van der Waals surface area contributed by atoms with Crippen LogP contribution in [0, 0.1) is 19.3 Å². The molecular weight excluding hydrogens is 256 g/mol. The predicted octanol–water partition coefficient (Wildman–Crippen LogP) is 1.79. The number of aryl methyl sites for hydroxylation is 1.